The second-order valence-electron chi connectivity index (χ2n) is 6.56. The van der Waals surface area contributed by atoms with E-state index in [-0.39, 0.29) is 23.8 Å². The predicted octanol–water partition coefficient (Wildman–Crippen LogP) is 3.51. The molecule has 3 atom stereocenters. The fraction of sp³-hybridized carbons (Fsp3) is 0.667. The maximum absolute atomic E-state index is 12.9. The Hall–Kier alpha value is -1.36. The number of hydrogen-bond acceptors (Lipinski definition) is 4. The zero-order chi connectivity index (χ0) is 16.8. The molecular formula is C18H27NO3S. The Morgan fingerprint density at radius 2 is 2.13 bits per heavy atom. The minimum atomic E-state index is -0.290. The number of amides is 1. The molecule has 1 aromatic rings. The highest BCUT2D eigenvalue weighted by molar-refractivity contribution is 7.10. The highest BCUT2D eigenvalue weighted by Gasteiger charge is 2.32. The highest BCUT2D eigenvalue weighted by Crippen LogP contribution is 2.29. The molecule has 0 saturated heterocycles. The van der Waals surface area contributed by atoms with Crippen LogP contribution in [0.5, 0.6) is 0 Å². The molecule has 5 heteroatoms. The average molecular weight is 337 g/mol. The minimum Gasteiger partial charge on any atom is -0.469 e. The monoisotopic (exact) mass is 337 g/mol. The van der Waals surface area contributed by atoms with E-state index in [1.165, 1.54) is 13.5 Å². The van der Waals surface area contributed by atoms with E-state index in [1.807, 2.05) is 29.3 Å². The maximum Gasteiger partial charge on any atom is 0.310 e. The summed E-state index contributed by atoms with van der Waals surface area (Å²) in [7, 11) is 1.40. The fourth-order valence-electron chi connectivity index (χ4n) is 3.42. The Bertz CT molecular complexity index is 514. The molecule has 1 amide bonds. The number of hydrogen-bond donors (Lipinski definition) is 0. The lowest BCUT2D eigenvalue weighted by molar-refractivity contribution is -0.147. The summed E-state index contributed by atoms with van der Waals surface area (Å²) < 4.78 is 4.84. The van der Waals surface area contributed by atoms with Crippen LogP contribution in [0.3, 0.4) is 0 Å². The van der Waals surface area contributed by atoms with Gasteiger partial charge in [-0.25, -0.2) is 0 Å². The quantitative estimate of drug-likeness (QED) is 0.746. The van der Waals surface area contributed by atoms with Crippen molar-refractivity contribution in [3.63, 3.8) is 0 Å². The third-order valence-corrected chi connectivity index (χ3v) is 5.64. The molecule has 0 N–H and O–H groups in total. The van der Waals surface area contributed by atoms with E-state index in [0.29, 0.717) is 18.9 Å². The molecule has 4 nitrogen and oxygen atoms in total. The molecule has 0 aromatic carbocycles. The van der Waals surface area contributed by atoms with E-state index in [0.717, 1.165) is 24.1 Å². The molecule has 23 heavy (non-hydrogen) atoms. The van der Waals surface area contributed by atoms with Crippen LogP contribution in [0.1, 0.15) is 44.4 Å². The van der Waals surface area contributed by atoms with Gasteiger partial charge in [0.1, 0.15) is 0 Å². The van der Waals surface area contributed by atoms with Gasteiger partial charge in [-0.3, -0.25) is 9.59 Å². The summed E-state index contributed by atoms with van der Waals surface area (Å²) in [6.07, 6.45) is 5.00. The molecule has 1 aromatic heterocycles. The summed E-state index contributed by atoms with van der Waals surface area (Å²) in [4.78, 5) is 27.7. The summed E-state index contributed by atoms with van der Waals surface area (Å²) in [6.45, 7) is 4.51. The Morgan fingerprint density at radius 3 is 2.74 bits per heavy atom. The maximum atomic E-state index is 12.9. The van der Waals surface area contributed by atoms with Crippen molar-refractivity contribution in [2.24, 2.45) is 11.8 Å². The van der Waals surface area contributed by atoms with Crippen LogP contribution < -0.4 is 0 Å². The zero-order valence-electron chi connectivity index (χ0n) is 14.3. The van der Waals surface area contributed by atoms with E-state index in [4.69, 9.17) is 4.74 Å². The predicted molar refractivity (Wildman–Crippen MR) is 92.3 cm³/mol. The van der Waals surface area contributed by atoms with Crippen molar-refractivity contribution in [2.75, 3.05) is 13.7 Å². The normalized spacial score (nSPS) is 22.4. The van der Waals surface area contributed by atoms with Crippen LogP contribution in [0.25, 0.3) is 0 Å². The molecule has 1 fully saturated rings. The van der Waals surface area contributed by atoms with Gasteiger partial charge in [-0.1, -0.05) is 32.8 Å². The lowest BCUT2D eigenvalue weighted by Crippen LogP contribution is -2.48. The van der Waals surface area contributed by atoms with Crippen molar-refractivity contribution in [1.82, 2.24) is 4.90 Å². The van der Waals surface area contributed by atoms with E-state index >= 15 is 0 Å². The van der Waals surface area contributed by atoms with Crippen LogP contribution in [-0.2, 0) is 20.7 Å². The van der Waals surface area contributed by atoms with Gasteiger partial charge in [0.25, 0.3) is 0 Å². The van der Waals surface area contributed by atoms with Crippen molar-refractivity contribution >= 4 is 23.2 Å². The number of nitrogens with zero attached hydrogens (tertiary/aromatic N) is 1. The van der Waals surface area contributed by atoms with Crippen LogP contribution in [0.15, 0.2) is 17.5 Å². The first-order valence-electron chi connectivity index (χ1n) is 8.42. The number of esters is 1. The SMILES string of the molecule is COC(=O)C(C)CN(C(=O)Cc1cccs1)C1CCCCC1C. The van der Waals surface area contributed by atoms with Gasteiger partial charge in [0, 0.05) is 17.5 Å². The summed E-state index contributed by atoms with van der Waals surface area (Å²) >= 11 is 1.61. The second kappa shape index (κ2) is 8.48. The van der Waals surface area contributed by atoms with Gasteiger partial charge in [0.15, 0.2) is 0 Å². The van der Waals surface area contributed by atoms with E-state index in [2.05, 4.69) is 6.92 Å². The summed E-state index contributed by atoms with van der Waals surface area (Å²) in [5.41, 5.74) is 0. The molecule has 1 aliphatic carbocycles. The number of carbonyl (C=O) groups is 2. The molecule has 0 bridgehead atoms. The average Bonchev–Trinajstić information content (AvgIpc) is 3.05. The van der Waals surface area contributed by atoms with Crippen LogP contribution in [-0.4, -0.2) is 36.5 Å². The fourth-order valence-corrected chi connectivity index (χ4v) is 4.11. The molecule has 1 aliphatic rings. The lowest BCUT2D eigenvalue weighted by Gasteiger charge is -2.39. The molecule has 128 valence electrons. The van der Waals surface area contributed by atoms with Crippen molar-refractivity contribution in [1.29, 1.82) is 0 Å². The number of carbonyl (C=O) groups excluding carboxylic acids is 2. The Morgan fingerprint density at radius 1 is 1.39 bits per heavy atom. The highest BCUT2D eigenvalue weighted by atomic mass is 32.1. The third-order valence-electron chi connectivity index (χ3n) is 4.77. The van der Waals surface area contributed by atoms with E-state index < -0.39 is 0 Å². The summed E-state index contributed by atoms with van der Waals surface area (Å²) in [6, 6.07) is 4.20. The molecule has 1 heterocycles. The van der Waals surface area contributed by atoms with Crippen molar-refractivity contribution in [3.8, 4) is 0 Å². The van der Waals surface area contributed by atoms with Gasteiger partial charge in [-0.05, 0) is 30.2 Å². The first kappa shape index (κ1) is 18.0. The van der Waals surface area contributed by atoms with E-state index in [9.17, 15) is 9.59 Å². The van der Waals surface area contributed by atoms with Gasteiger partial charge in [-0.15, -0.1) is 11.3 Å². The van der Waals surface area contributed by atoms with Crippen molar-refractivity contribution in [3.05, 3.63) is 22.4 Å². The second-order valence-corrected chi connectivity index (χ2v) is 7.59. The Balaban J connectivity index is 2.12. The molecule has 2 rings (SSSR count). The molecule has 0 spiro atoms. The van der Waals surface area contributed by atoms with Gasteiger partial charge < -0.3 is 9.64 Å². The van der Waals surface area contributed by atoms with Gasteiger partial charge in [0.2, 0.25) is 5.91 Å². The molecule has 0 aliphatic heterocycles. The third kappa shape index (κ3) is 4.80. The van der Waals surface area contributed by atoms with Crippen LogP contribution >= 0.6 is 11.3 Å². The number of ether oxygens (including phenoxy) is 1. The standard InChI is InChI=1S/C18H27NO3S/c1-13-7-4-5-9-16(13)19(12-14(2)18(21)22-3)17(20)11-15-8-6-10-23-15/h6,8,10,13-14,16H,4-5,7,9,11-12H2,1-3H3. The zero-order valence-corrected chi connectivity index (χ0v) is 15.1. The summed E-state index contributed by atoms with van der Waals surface area (Å²) in [5.74, 6) is 0.0756. The molecular weight excluding hydrogens is 310 g/mol. The van der Waals surface area contributed by atoms with Crippen LogP contribution in [0.4, 0.5) is 0 Å². The largest absolute Gasteiger partial charge is 0.469 e. The minimum absolute atomic E-state index is 0.127. The Kier molecular flexibility index (Phi) is 6.63. The first-order chi connectivity index (χ1) is 11.0. The lowest BCUT2D eigenvalue weighted by atomic mass is 9.84. The molecule has 3 unspecified atom stereocenters. The van der Waals surface area contributed by atoms with Gasteiger partial charge >= 0.3 is 5.97 Å². The van der Waals surface area contributed by atoms with Crippen molar-refractivity contribution < 1.29 is 14.3 Å². The first-order valence-corrected chi connectivity index (χ1v) is 9.30. The number of methoxy groups -OCH3 is 1. The van der Waals surface area contributed by atoms with E-state index in [1.54, 1.807) is 11.3 Å². The Labute approximate surface area is 142 Å². The smallest absolute Gasteiger partial charge is 0.310 e. The molecule has 0 radical (unpaired) electrons. The van der Waals surface area contributed by atoms with Crippen LogP contribution in [0, 0.1) is 11.8 Å². The topological polar surface area (TPSA) is 46.6 Å². The van der Waals surface area contributed by atoms with Crippen molar-refractivity contribution in [2.45, 2.75) is 52.0 Å². The number of rotatable bonds is 6. The summed E-state index contributed by atoms with van der Waals surface area (Å²) in [5, 5.41) is 1.99. The number of thiophene rings is 1. The van der Waals surface area contributed by atoms with Gasteiger partial charge in [0.05, 0.1) is 19.4 Å². The van der Waals surface area contributed by atoms with Crippen LogP contribution in [0.2, 0.25) is 0 Å². The molecule has 1 saturated carbocycles. The van der Waals surface area contributed by atoms with Gasteiger partial charge in [-0.2, -0.15) is 0 Å².